The highest BCUT2D eigenvalue weighted by atomic mass is 16.5. The first kappa shape index (κ1) is 9.83. The monoisotopic (exact) mass is 230 g/mol. The van der Waals surface area contributed by atoms with Crippen LogP contribution in [0.2, 0.25) is 0 Å². The third kappa shape index (κ3) is 1.45. The van der Waals surface area contributed by atoms with Crippen molar-refractivity contribution >= 4 is 16.7 Å². The van der Waals surface area contributed by atoms with Gasteiger partial charge in [0.1, 0.15) is 11.3 Å². The van der Waals surface area contributed by atoms with E-state index in [1.807, 2.05) is 6.92 Å². The molecule has 3 aromatic rings. The van der Waals surface area contributed by atoms with Crippen molar-refractivity contribution in [2.45, 2.75) is 6.92 Å². The lowest BCUT2D eigenvalue weighted by molar-refractivity contribution is -0.640. The molecule has 0 N–H and O–H groups in total. The van der Waals surface area contributed by atoms with Gasteiger partial charge in [-0.15, -0.1) is 0 Å². The highest BCUT2D eigenvalue weighted by Gasteiger charge is 2.12. The molecule has 0 atom stereocenters. The van der Waals surface area contributed by atoms with Crippen molar-refractivity contribution in [1.29, 1.82) is 0 Å². The van der Waals surface area contributed by atoms with Gasteiger partial charge >= 0.3 is 0 Å². The van der Waals surface area contributed by atoms with E-state index in [9.17, 15) is 5.21 Å². The van der Waals surface area contributed by atoms with Crippen LogP contribution in [0.3, 0.4) is 0 Å². The number of rotatable bonds is 2. The largest absolute Gasteiger partial charge is 0.594 e. The fourth-order valence-electron chi connectivity index (χ4n) is 1.80. The summed E-state index contributed by atoms with van der Waals surface area (Å²) in [6, 6.07) is 6.90. The van der Waals surface area contributed by atoms with Crippen LogP contribution in [0.5, 0.6) is 5.75 Å². The molecule has 0 bridgehead atoms. The van der Waals surface area contributed by atoms with Gasteiger partial charge in [0.05, 0.1) is 12.8 Å². The summed E-state index contributed by atoms with van der Waals surface area (Å²) in [5, 5.41) is 19.7. The van der Waals surface area contributed by atoms with Crippen molar-refractivity contribution in [1.82, 2.24) is 14.7 Å². The molecular formula is C11H10N4O2. The molecule has 1 aromatic carbocycles. The predicted octanol–water partition coefficient (Wildman–Crippen LogP) is 0.915. The molecule has 3 rings (SSSR count). The zero-order chi connectivity index (χ0) is 11.8. The van der Waals surface area contributed by atoms with Crippen LogP contribution in [0.15, 0.2) is 30.5 Å². The maximum Gasteiger partial charge on any atom is 0.270 e. The molecular weight excluding hydrogens is 220 g/mol. The van der Waals surface area contributed by atoms with Gasteiger partial charge in [-0.2, -0.15) is 5.10 Å². The molecule has 0 aliphatic rings. The molecule has 86 valence electrons. The Morgan fingerprint density at radius 1 is 1.41 bits per heavy atom. The van der Waals surface area contributed by atoms with E-state index in [-0.39, 0.29) is 0 Å². The molecule has 2 heterocycles. The first-order chi connectivity index (χ1) is 8.29. The normalized spacial score (nSPS) is 11.1. The Morgan fingerprint density at radius 3 is 3.12 bits per heavy atom. The topological polar surface area (TPSA) is 66.4 Å². The van der Waals surface area contributed by atoms with Crippen LogP contribution in [-0.2, 0) is 0 Å². The molecule has 0 spiro atoms. The second-order valence-electron chi connectivity index (χ2n) is 3.56. The average Bonchev–Trinajstić information content (AvgIpc) is 2.78. The van der Waals surface area contributed by atoms with E-state index in [1.165, 1.54) is 0 Å². The van der Waals surface area contributed by atoms with E-state index >= 15 is 0 Å². The summed E-state index contributed by atoms with van der Waals surface area (Å²) in [6.07, 6.45) is 1.61. The Kier molecular flexibility index (Phi) is 2.07. The first-order valence-electron chi connectivity index (χ1n) is 5.30. The quantitative estimate of drug-likeness (QED) is 0.485. The van der Waals surface area contributed by atoms with Crippen LogP contribution in [-0.4, -0.2) is 21.3 Å². The van der Waals surface area contributed by atoms with Gasteiger partial charge < -0.3 is 9.94 Å². The molecule has 0 aliphatic carbocycles. The zero-order valence-electron chi connectivity index (χ0n) is 9.20. The fraction of sp³-hybridized carbons (Fsp3) is 0.182. The van der Waals surface area contributed by atoms with Crippen molar-refractivity contribution in [2.24, 2.45) is 0 Å². The summed E-state index contributed by atoms with van der Waals surface area (Å²) in [7, 11) is 0. The Hall–Kier alpha value is -2.37. The lowest BCUT2D eigenvalue weighted by Crippen LogP contribution is -2.33. The van der Waals surface area contributed by atoms with Gasteiger partial charge in [-0.3, -0.25) is 0 Å². The number of nitrogens with zero attached hydrogens (tertiary/aromatic N) is 4. The standard InChI is InChI=1S/C11H10N4O2/c1-2-17-8-3-4-9-10(7-8)14-11(5-6-12-14)13-15(9)16/h3-7H,2H2,1H3. The SMILES string of the molecule is CCOc1ccc2c(c1)n1nccc1n[n+]2[O-]. The number of fused-ring (bicyclic) bond motifs is 3. The van der Waals surface area contributed by atoms with Crippen molar-refractivity contribution in [3.63, 3.8) is 0 Å². The highest BCUT2D eigenvalue weighted by Crippen LogP contribution is 2.18. The summed E-state index contributed by atoms with van der Waals surface area (Å²) in [5.41, 5.74) is 1.66. The third-order valence-electron chi connectivity index (χ3n) is 2.51. The fourth-order valence-corrected chi connectivity index (χ4v) is 1.80. The lowest BCUT2D eigenvalue weighted by Gasteiger charge is -2.05. The highest BCUT2D eigenvalue weighted by molar-refractivity contribution is 5.75. The van der Waals surface area contributed by atoms with Crippen molar-refractivity contribution in [3.8, 4) is 5.75 Å². The van der Waals surface area contributed by atoms with Gasteiger partial charge in [-0.05, 0) is 17.8 Å². The zero-order valence-corrected chi connectivity index (χ0v) is 9.20. The van der Waals surface area contributed by atoms with Gasteiger partial charge in [-0.1, -0.05) is 0 Å². The second-order valence-corrected chi connectivity index (χ2v) is 3.56. The Balaban J connectivity index is 2.38. The number of ether oxygens (including phenoxy) is 1. The number of hydrogen-bond acceptors (Lipinski definition) is 4. The van der Waals surface area contributed by atoms with Gasteiger partial charge in [0.25, 0.3) is 5.52 Å². The predicted molar refractivity (Wildman–Crippen MR) is 60.6 cm³/mol. The second kappa shape index (κ2) is 3.58. The molecule has 0 saturated carbocycles. The molecule has 0 saturated heterocycles. The van der Waals surface area contributed by atoms with Crippen LogP contribution in [0.4, 0.5) is 0 Å². The molecule has 2 aromatic heterocycles. The summed E-state index contributed by atoms with van der Waals surface area (Å²) < 4.78 is 7.02. The smallest absolute Gasteiger partial charge is 0.270 e. The maximum absolute atomic E-state index is 11.7. The average molecular weight is 230 g/mol. The van der Waals surface area contributed by atoms with Gasteiger partial charge in [0.15, 0.2) is 0 Å². The summed E-state index contributed by atoms with van der Waals surface area (Å²) >= 11 is 0. The van der Waals surface area contributed by atoms with Crippen molar-refractivity contribution in [2.75, 3.05) is 6.61 Å². The Labute approximate surface area is 96.6 Å². The van der Waals surface area contributed by atoms with E-state index < -0.39 is 0 Å². The van der Waals surface area contributed by atoms with Crippen LogP contribution < -0.4 is 9.58 Å². The van der Waals surface area contributed by atoms with Crippen LogP contribution in [0.25, 0.3) is 16.7 Å². The molecule has 0 unspecified atom stereocenters. The molecule has 0 fully saturated rings. The molecule has 6 nitrogen and oxygen atoms in total. The van der Waals surface area contributed by atoms with Gasteiger partial charge in [-0.25, -0.2) is 4.52 Å². The van der Waals surface area contributed by atoms with Gasteiger partial charge in [0, 0.05) is 23.3 Å². The van der Waals surface area contributed by atoms with Crippen molar-refractivity contribution < 1.29 is 9.58 Å². The minimum atomic E-state index is 0.463. The van der Waals surface area contributed by atoms with Crippen LogP contribution in [0, 0.1) is 5.21 Å². The Morgan fingerprint density at radius 2 is 2.29 bits per heavy atom. The van der Waals surface area contributed by atoms with Crippen LogP contribution >= 0.6 is 0 Å². The van der Waals surface area contributed by atoms with E-state index in [2.05, 4.69) is 10.2 Å². The first-order valence-corrected chi connectivity index (χ1v) is 5.30. The molecule has 0 radical (unpaired) electrons. The number of aromatic nitrogens is 4. The maximum atomic E-state index is 11.7. The number of benzene rings is 1. The Bertz CT molecular complexity index is 692. The van der Waals surface area contributed by atoms with Crippen LogP contribution in [0.1, 0.15) is 6.92 Å². The molecule has 6 heteroatoms. The van der Waals surface area contributed by atoms with E-state index in [1.54, 1.807) is 35.0 Å². The van der Waals surface area contributed by atoms with E-state index in [0.29, 0.717) is 33.9 Å². The molecule has 0 amide bonds. The molecule has 17 heavy (non-hydrogen) atoms. The summed E-state index contributed by atoms with van der Waals surface area (Å²) in [4.78, 5) is 0.599. The molecule has 0 aliphatic heterocycles. The van der Waals surface area contributed by atoms with E-state index in [4.69, 9.17) is 4.74 Å². The number of hydrogen-bond donors (Lipinski definition) is 0. The van der Waals surface area contributed by atoms with Gasteiger partial charge in [0.2, 0.25) is 5.65 Å². The van der Waals surface area contributed by atoms with Crippen molar-refractivity contribution in [3.05, 3.63) is 35.7 Å². The minimum Gasteiger partial charge on any atom is -0.594 e. The minimum absolute atomic E-state index is 0.463. The summed E-state index contributed by atoms with van der Waals surface area (Å²) in [5.74, 6) is 0.711. The third-order valence-corrected chi connectivity index (χ3v) is 2.51. The lowest BCUT2D eigenvalue weighted by atomic mass is 10.3. The summed E-state index contributed by atoms with van der Waals surface area (Å²) in [6.45, 7) is 2.49. The van der Waals surface area contributed by atoms with E-state index in [0.717, 1.165) is 0 Å².